The lowest BCUT2D eigenvalue weighted by atomic mass is 10.3. The molecule has 0 N–H and O–H groups in total. The molecule has 1 unspecified atom stereocenters. The van der Waals surface area contributed by atoms with Crippen molar-refractivity contribution in [3.63, 3.8) is 0 Å². The van der Waals surface area contributed by atoms with E-state index in [0.29, 0.717) is 5.03 Å². The van der Waals surface area contributed by atoms with Gasteiger partial charge in [-0.25, -0.2) is 4.98 Å². The van der Waals surface area contributed by atoms with E-state index in [-0.39, 0.29) is 0 Å². The Morgan fingerprint density at radius 1 is 1.46 bits per heavy atom. The molecule has 1 heterocycles. The molecule has 0 aliphatic carbocycles. The fraction of sp³-hybridized carbons (Fsp3) is 0.444. The number of aromatic nitrogens is 1. The van der Waals surface area contributed by atoms with Crippen LogP contribution in [0.15, 0.2) is 23.4 Å². The molecule has 0 aliphatic rings. The van der Waals surface area contributed by atoms with Gasteiger partial charge in [0.05, 0.1) is 10.8 Å². The molecule has 13 heavy (non-hydrogen) atoms. The lowest BCUT2D eigenvalue weighted by Gasteiger charge is -2.08. The number of nitrogens with zero attached hydrogens (tertiary/aromatic N) is 2. The van der Waals surface area contributed by atoms with Gasteiger partial charge < -0.3 is 4.90 Å². The molecule has 0 fully saturated rings. The predicted molar refractivity (Wildman–Crippen MR) is 54.0 cm³/mol. The topological polar surface area (TPSA) is 33.2 Å². The van der Waals surface area contributed by atoms with Crippen molar-refractivity contribution in [1.29, 1.82) is 0 Å². The summed E-state index contributed by atoms with van der Waals surface area (Å²) in [5.74, 6) is 0. The van der Waals surface area contributed by atoms with E-state index in [4.69, 9.17) is 0 Å². The van der Waals surface area contributed by atoms with Gasteiger partial charge in [-0.05, 0) is 25.7 Å². The van der Waals surface area contributed by atoms with Gasteiger partial charge in [-0.15, -0.1) is 0 Å². The van der Waals surface area contributed by atoms with Crippen molar-refractivity contribution in [2.24, 2.45) is 0 Å². The molecule has 1 rings (SSSR count). The van der Waals surface area contributed by atoms with Gasteiger partial charge in [0.25, 0.3) is 0 Å². The molecule has 0 saturated carbocycles. The molecular weight excluding hydrogens is 184 g/mol. The highest BCUT2D eigenvalue weighted by Crippen LogP contribution is 2.04. The zero-order valence-electron chi connectivity index (χ0n) is 8.15. The lowest BCUT2D eigenvalue weighted by Crippen LogP contribution is -2.10. The molecule has 0 spiro atoms. The van der Waals surface area contributed by atoms with Crippen molar-refractivity contribution in [2.75, 3.05) is 20.4 Å². The summed E-state index contributed by atoms with van der Waals surface area (Å²) in [5, 5.41) is 0.641. The molecule has 1 atom stereocenters. The summed E-state index contributed by atoms with van der Waals surface area (Å²) < 4.78 is 11.0. The van der Waals surface area contributed by atoms with Crippen molar-refractivity contribution < 1.29 is 4.21 Å². The second kappa shape index (κ2) is 4.48. The summed E-state index contributed by atoms with van der Waals surface area (Å²) in [5.41, 5.74) is 1.14. The fourth-order valence-electron chi connectivity index (χ4n) is 1.04. The van der Waals surface area contributed by atoms with Crippen LogP contribution in [-0.4, -0.2) is 34.4 Å². The third-order valence-corrected chi connectivity index (χ3v) is 2.42. The van der Waals surface area contributed by atoms with E-state index in [1.807, 2.05) is 26.2 Å². The van der Waals surface area contributed by atoms with E-state index in [1.165, 1.54) is 0 Å². The fourth-order valence-corrected chi connectivity index (χ4v) is 1.50. The standard InChI is InChI=1S/C9H14N2OS/c1-11(2)7-8-4-5-9(10-6-8)13(3)12/h4-6H,7H2,1-3H3. The van der Waals surface area contributed by atoms with Gasteiger partial charge in [-0.2, -0.15) is 0 Å². The number of hydrogen-bond donors (Lipinski definition) is 0. The Labute approximate surface area is 81.2 Å². The third-order valence-electron chi connectivity index (χ3n) is 1.59. The molecule has 4 heteroatoms. The molecular formula is C9H14N2OS. The third kappa shape index (κ3) is 3.24. The number of pyridine rings is 1. The Morgan fingerprint density at radius 2 is 2.15 bits per heavy atom. The van der Waals surface area contributed by atoms with Gasteiger partial charge in [-0.3, -0.25) is 4.21 Å². The van der Waals surface area contributed by atoms with Crippen LogP contribution in [-0.2, 0) is 17.3 Å². The average Bonchev–Trinajstić information content (AvgIpc) is 2.04. The summed E-state index contributed by atoms with van der Waals surface area (Å²) in [6.45, 7) is 0.865. The van der Waals surface area contributed by atoms with Gasteiger partial charge in [-0.1, -0.05) is 6.07 Å². The van der Waals surface area contributed by atoms with Crippen LogP contribution in [0.5, 0.6) is 0 Å². The summed E-state index contributed by atoms with van der Waals surface area (Å²) in [6.07, 6.45) is 3.41. The van der Waals surface area contributed by atoms with Gasteiger partial charge in [0.1, 0.15) is 5.03 Å². The Morgan fingerprint density at radius 3 is 2.54 bits per heavy atom. The molecule has 0 radical (unpaired) electrons. The largest absolute Gasteiger partial charge is 0.305 e. The second-order valence-electron chi connectivity index (χ2n) is 3.20. The van der Waals surface area contributed by atoms with Gasteiger partial charge in [0.15, 0.2) is 0 Å². The second-order valence-corrected chi connectivity index (χ2v) is 4.52. The van der Waals surface area contributed by atoms with Crippen molar-refractivity contribution in [2.45, 2.75) is 11.6 Å². The summed E-state index contributed by atoms with van der Waals surface area (Å²) in [4.78, 5) is 6.17. The Balaban J connectivity index is 2.75. The molecule has 1 aromatic rings. The maximum atomic E-state index is 11.0. The van der Waals surface area contributed by atoms with Gasteiger partial charge in [0.2, 0.25) is 0 Å². The Hall–Kier alpha value is -0.740. The van der Waals surface area contributed by atoms with E-state index in [9.17, 15) is 4.21 Å². The van der Waals surface area contributed by atoms with Crippen LogP contribution in [0.1, 0.15) is 5.56 Å². The zero-order chi connectivity index (χ0) is 9.84. The predicted octanol–water partition coefficient (Wildman–Crippen LogP) is 0.881. The molecule has 0 saturated heterocycles. The van der Waals surface area contributed by atoms with Gasteiger partial charge >= 0.3 is 0 Å². The van der Waals surface area contributed by atoms with Crippen LogP contribution in [0, 0.1) is 0 Å². The summed E-state index contributed by atoms with van der Waals surface area (Å²) >= 11 is 0. The van der Waals surface area contributed by atoms with E-state index in [0.717, 1.165) is 12.1 Å². The molecule has 0 bridgehead atoms. The highest BCUT2D eigenvalue weighted by molar-refractivity contribution is 7.84. The maximum Gasteiger partial charge on any atom is 0.126 e. The quantitative estimate of drug-likeness (QED) is 0.723. The van der Waals surface area contributed by atoms with Crippen LogP contribution in [0.3, 0.4) is 0 Å². The zero-order valence-corrected chi connectivity index (χ0v) is 8.97. The molecule has 0 aromatic carbocycles. The maximum absolute atomic E-state index is 11.0. The Bertz CT molecular complexity index is 295. The highest BCUT2D eigenvalue weighted by atomic mass is 32.2. The van der Waals surface area contributed by atoms with Crippen LogP contribution in [0.2, 0.25) is 0 Å². The highest BCUT2D eigenvalue weighted by Gasteiger charge is 1.99. The Kier molecular flexibility index (Phi) is 3.57. The van der Waals surface area contributed by atoms with Crippen LogP contribution in [0.25, 0.3) is 0 Å². The molecule has 3 nitrogen and oxygen atoms in total. The van der Waals surface area contributed by atoms with E-state index < -0.39 is 10.8 Å². The summed E-state index contributed by atoms with van der Waals surface area (Å²) in [7, 11) is 3.04. The van der Waals surface area contributed by atoms with Crippen LogP contribution in [0.4, 0.5) is 0 Å². The minimum atomic E-state index is -0.975. The first-order chi connectivity index (χ1) is 6.09. The summed E-state index contributed by atoms with van der Waals surface area (Å²) in [6, 6.07) is 3.78. The minimum Gasteiger partial charge on any atom is -0.305 e. The first-order valence-electron chi connectivity index (χ1n) is 4.02. The number of hydrogen-bond acceptors (Lipinski definition) is 3. The lowest BCUT2D eigenvalue weighted by molar-refractivity contribution is 0.401. The monoisotopic (exact) mass is 198 g/mol. The van der Waals surface area contributed by atoms with Crippen molar-refractivity contribution in [1.82, 2.24) is 9.88 Å². The normalized spacial score (nSPS) is 13.2. The molecule has 1 aromatic heterocycles. The van der Waals surface area contributed by atoms with Crippen molar-refractivity contribution in [3.05, 3.63) is 23.9 Å². The smallest absolute Gasteiger partial charge is 0.126 e. The van der Waals surface area contributed by atoms with Gasteiger partial charge in [0, 0.05) is 19.0 Å². The average molecular weight is 198 g/mol. The minimum absolute atomic E-state index is 0.641. The van der Waals surface area contributed by atoms with Crippen LogP contribution < -0.4 is 0 Å². The van der Waals surface area contributed by atoms with E-state index in [1.54, 1.807) is 12.5 Å². The van der Waals surface area contributed by atoms with Crippen LogP contribution >= 0.6 is 0 Å². The van der Waals surface area contributed by atoms with E-state index >= 15 is 0 Å². The first kappa shape index (κ1) is 10.3. The van der Waals surface area contributed by atoms with Crippen molar-refractivity contribution >= 4 is 10.8 Å². The van der Waals surface area contributed by atoms with E-state index in [2.05, 4.69) is 9.88 Å². The van der Waals surface area contributed by atoms with Crippen molar-refractivity contribution in [3.8, 4) is 0 Å². The molecule has 0 amide bonds. The molecule has 72 valence electrons. The first-order valence-corrected chi connectivity index (χ1v) is 5.58. The SMILES string of the molecule is CN(C)Cc1ccc(S(C)=O)nc1. The number of rotatable bonds is 3. The molecule has 0 aliphatic heterocycles.